The number of nitrogens with one attached hydrogen (secondary N) is 1. The van der Waals surface area contributed by atoms with Gasteiger partial charge >= 0.3 is 0 Å². The summed E-state index contributed by atoms with van der Waals surface area (Å²) in [7, 11) is 0. The van der Waals surface area contributed by atoms with E-state index in [0.29, 0.717) is 11.4 Å². The first-order valence-electron chi connectivity index (χ1n) is 5.92. The number of aryl methyl sites for hydroxylation is 1. The Balaban J connectivity index is 1.84. The minimum absolute atomic E-state index is 0.211. The predicted molar refractivity (Wildman–Crippen MR) is 66.6 cm³/mol. The highest BCUT2D eigenvalue weighted by molar-refractivity contribution is 6.21. The lowest BCUT2D eigenvalue weighted by Crippen LogP contribution is -2.57. The Morgan fingerprint density at radius 3 is 2.88 bits per heavy atom. The van der Waals surface area contributed by atoms with Gasteiger partial charge in [0.15, 0.2) is 0 Å². The normalized spacial score (nSPS) is 27.8. The van der Waals surface area contributed by atoms with Crippen molar-refractivity contribution in [3.63, 3.8) is 0 Å². The van der Waals surface area contributed by atoms with Crippen LogP contribution in [0.25, 0.3) is 0 Å². The average Bonchev–Trinajstić information content (AvgIpc) is 2.71. The number of hydrogen-bond donors (Lipinski definition) is 1. The van der Waals surface area contributed by atoms with Gasteiger partial charge in [0.2, 0.25) is 0 Å². The lowest BCUT2D eigenvalue weighted by molar-refractivity contribution is 0.115. The summed E-state index contributed by atoms with van der Waals surface area (Å²) in [5, 5.41) is 8.12. The van der Waals surface area contributed by atoms with Gasteiger partial charge < -0.3 is 5.32 Å². The van der Waals surface area contributed by atoms with Crippen molar-refractivity contribution < 1.29 is 0 Å². The monoisotopic (exact) mass is 241 g/mol. The number of hydrogen-bond acceptors (Lipinski definition) is 2. The average molecular weight is 242 g/mol. The van der Waals surface area contributed by atoms with Crippen LogP contribution in [0.2, 0.25) is 0 Å². The molecule has 1 N–H and O–H groups in total. The van der Waals surface area contributed by atoms with Crippen molar-refractivity contribution in [2.45, 2.75) is 51.7 Å². The van der Waals surface area contributed by atoms with Gasteiger partial charge in [-0.1, -0.05) is 13.8 Å². The van der Waals surface area contributed by atoms with Gasteiger partial charge in [-0.25, -0.2) is 0 Å². The standard InChI is InChI=1S/C12H20ClN3/c1-4-16-8-9(7-15-16)6-14-11-5-10(13)12(11,2)3/h7-8,10-11,14H,4-6H2,1-3H3. The van der Waals surface area contributed by atoms with E-state index >= 15 is 0 Å². The van der Waals surface area contributed by atoms with Crippen LogP contribution in [0.4, 0.5) is 0 Å². The number of halogens is 1. The first-order valence-corrected chi connectivity index (χ1v) is 6.36. The molecule has 0 saturated heterocycles. The smallest absolute Gasteiger partial charge is 0.0534 e. The number of nitrogens with zero attached hydrogens (tertiary/aromatic N) is 2. The van der Waals surface area contributed by atoms with Crippen LogP contribution >= 0.6 is 11.6 Å². The molecule has 2 atom stereocenters. The summed E-state index contributed by atoms with van der Waals surface area (Å²) < 4.78 is 1.95. The summed E-state index contributed by atoms with van der Waals surface area (Å²) in [6.07, 6.45) is 5.09. The summed E-state index contributed by atoms with van der Waals surface area (Å²) in [5.41, 5.74) is 1.46. The SMILES string of the molecule is CCn1cc(CNC2CC(Cl)C2(C)C)cn1. The quantitative estimate of drug-likeness (QED) is 0.821. The second-order valence-electron chi connectivity index (χ2n) is 5.16. The molecular formula is C12H20ClN3. The van der Waals surface area contributed by atoms with E-state index in [0.717, 1.165) is 19.5 Å². The molecule has 1 aliphatic carbocycles. The summed E-state index contributed by atoms with van der Waals surface area (Å²) in [6, 6.07) is 0.528. The zero-order chi connectivity index (χ0) is 11.8. The second-order valence-corrected chi connectivity index (χ2v) is 5.69. The lowest BCUT2D eigenvalue weighted by Gasteiger charge is -2.49. The van der Waals surface area contributed by atoms with Crippen LogP contribution in [-0.2, 0) is 13.1 Å². The Labute approximate surface area is 102 Å². The van der Waals surface area contributed by atoms with E-state index in [-0.39, 0.29) is 5.41 Å². The third-order valence-electron chi connectivity index (χ3n) is 3.71. The molecule has 1 aromatic heterocycles. The number of alkyl halides is 1. The first-order chi connectivity index (χ1) is 7.54. The van der Waals surface area contributed by atoms with Gasteiger partial charge in [0, 0.05) is 36.3 Å². The fourth-order valence-electron chi connectivity index (χ4n) is 2.13. The molecule has 2 rings (SSSR count). The summed E-state index contributed by atoms with van der Waals surface area (Å²) in [4.78, 5) is 0. The van der Waals surface area contributed by atoms with Gasteiger partial charge in [-0.3, -0.25) is 4.68 Å². The zero-order valence-corrected chi connectivity index (χ0v) is 11.0. The maximum Gasteiger partial charge on any atom is 0.0534 e. The van der Waals surface area contributed by atoms with Crippen molar-refractivity contribution in [1.82, 2.24) is 15.1 Å². The topological polar surface area (TPSA) is 29.9 Å². The van der Waals surface area contributed by atoms with Crippen LogP contribution in [0.15, 0.2) is 12.4 Å². The van der Waals surface area contributed by atoms with E-state index in [4.69, 9.17) is 11.6 Å². The van der Waals surface area contributed by atoms with Gasteiger partial charge in [0.25, 0.3) is 0 Å². The molecule has 2 unspecified atom stereocenters. The molecule has 1 aromatic rings. The fraction of sp³-hybridized carbons (Fsp3) is 0.750. The van der Waals surface area contributed by atoms with Crippen molar-refractivity contribution >= 4 is 11.6 Å². The van der Waals surface area contributed by atoms with Crippen LogP contribution in [0, 0.1) is 5.41 Å². The van der Waals surface area contributed by atoms with Crippen molar-refractivity contribution in [1.29, 1.82) is 0 Å². The fourth-order valence-corrected chi connectivity index (χ4v) is 2.46. The van der Waals surface area contributed by atoms with Crippen molar-refractivity contribution in [3.8, 4) is 0 Å². The van der Waals surface area contributed by atoms with Crippen molar-refractivity contribution in [2.75, 3.05) is 0 Å². The van der Waals surface area contributed by atoms with E-state index in [1.807, 2.05) is 10.9 Å². The molecule has 0 amide bonds. The third-order valence-corrected chi connectivity index (χ3v) is 4.45. The second kappa shape index (κ2) is 4.38. The molecule has 1 heterocycles. The minimum atomic E-state index is 0.211. The number of aromatic nitrogens is 2. The molecule has 4 heteroatoms. The maximum atomic E-state index is 6.19. The van der Waals surface area contributed by atoms with Crippen LogP contribution < -0.4 is 5.32 Å². The van der Waals surface area contributed by atoms with Crippen LogP contribution in [0.1, 0.15) is 32.8 Å². The molecule has 0 bridgehead atoms. The Bertz CT molecular complexity index is 359. The summed E-state index contributed by atoms with van der Waals surface area (Å²) >= 11 is 6.19. The zero-order valence-electron chi connectivity index (χ0n) is 10.2. The third kappa shape index (κ3) is 2.11. The number of rotatable bonds is 4. The molecule has 1 saturated carbocycles. The van der Waals surface area contributed by atoms with Gasteiger partial charge in [0.1, 0.15) is 0 Å². The van der Waals surface area contributed by atoms with Gasteiger partial charge in [-0.05, 0) is 18.8 Å². The van der Waals surface area contributed by atoms with Crippen molar-refractivity contribution in [2.24, 2.45) is 5.41 Å². The molecule has 1 aliphatic rings. The Hall–Kier alpha value is -0.540. The van der Waals surface area contributed by atoms with Crippen molar-refractivity contribution in [3.05, 3.63) is 18.0 Å². The lowest BCUT2D eigenvalue weighted by atomic mass is 9.67. The van der Waals surface area contributed by atoms with Crippen LogP contribution in [-0.4, -0.2) is 21.2 Å². The minimum Gasteiger partial charge on any atom is -0.309 e. The summed E-state index contributed by atoms with van der Waals surface area (Å²) in [5.74, 6) is 0. The van der Waals surface area contributed by atoms with Crippen LogP contribution in [0.5, 0.6) is 0 Å². The Kier molecular flexibility index (Phi) is 3.27. The molecule has 0 aromatic carbocycles. The van der Waals surface area contributed by atoms with Gasteiger partial charge in [-0.15, -0.1) is 11.6 Å². The maximum absolute atomic E-state index is 6.19. The molecule has 0 radical (unpaired) electrons. The van der Waals surface area contributed by atoms with Crippen LogP contribution in [0.3, 0.4) is 0 Å². The first kappa shape index (κ1) is 11.9. The van der Waals surface area contributed by atoms with Gasteiger partial charge in [0.05, 0.1) is 6.20 Å². The van der Waals surface area contributed by atoms with E-state index in [9.17, 15) is 0 Å². The Morgan fingerprint density at radius 1 is 1.62 bits per heavy atom. The highest BCUT2D eigenvalue weighted by Gasteiger charge is 2.46. The highest BCUT2D eigenvalue weighted by atomic mass is 35.5. The van der Waals surface area contributed by atoms with E-state index in [1.165, 1.54) is 5.56 Å². The summed E-state index contributed by atoms with van der Waals surface area (Å²) in [6.45, 7) is 8.36. The molecule has 0 aliphatic heterocycles. The molecule has 0 spiro atoms. The molecule has 90 valence electrons. The largest absolute Gasteiger partial charge is 0.309 e. The molecule has 3 nitrogen and oxygen atoms in total. The van der Waals surface area contributed by atoms with Gasteiger partial charge in [-0.2, -0.15) is 5.10 Å². The van der Waals surface area contributed by atoms with E-state index < -0.39 is 0 Å². The molecule has 1 fully saturated rings. The van der Waals surface area contributed by atoms with E-state index in [2.05, 4.69) is 37.4 Å². The Morgan fingerprint density at radius 2 is 2.38 bits per heavy atom. The predicted octanol–water partition coefficient (Wildman–Crippen LogP) is 2.40. The molecular weight excluding hydrogens is 222 g/mol. The highest BCUT2D eigenvalue weighted by Crippen LogP contribution is 2.44. The molecule has 16 heavy (non-hydrogen) atoms. The van der Waals surface area contributed by atoms with E-state index in [1.54, 1.807) is 0 Å².